The lowest BCUT2D eigenvalue weighted by molar-refractivity contribution is -0.123. The SMILES string of the molecule is CCCC[C@H](CC)CN1C(=O)/C(=C2/C(=O)N(CCC)c3ccc(Br)cc32)SC1=S. The first-order chi connectivity index (χ1) is 13.9. The molecule has 0 bridgehead atoms. The number of rotatable bonds is 8. The van der Waals surface area contributed by atoms with Crippen molar-refractivity contribution in [3.63, 3.8) is 0 Å². The molecule has 1 saturated heterocycles. The van der Waals surface area contributed by atoms with Gasteiger partial charge in [-0.1, -0.05) is 79.9 Å². The summed E-state index contributed by atoms with van der Waals surface area (Å²) in [4.78, 5) is 30.5. The lowest BCUT2D eigenvalue weighted by atomic mass is 9.98. The van der Waals surface area contributed by atoms with E-state index in [-0.39, 0.29) is 11.8 Å². The van der Waals surface area contributed by atoms with E-state index in [0.717, 1.165) is 47.8 Å². The molecule has 4 nitrogen and oxygen atoms in total. The van der Waals surface area contributed by atoms with Crippen LogP contribution in [0.2, 0.25) is 0 Å². The van der Waals surface area contributed by atoms with Crippen molar-refractivity contribution in [1.82, 2.24) is 4.90 Å². The third-order valence-corrected chi connectivity index (χ3v) is 7.43. The van der Waals surface area contributed by atoms with Crippen molar-refractivity contribution < 1.29 is 9.59 Å². The number of nitrogens with zero attached hydrogens (tertiary/aromatic N) is 2. The second-order valence-electron chi connectivity index (χ2n) is 7.52. The third-order valence-electron chi connectivity index (χ3n) is 5.49. The minimum atomic E-state index is -0.123. The van der Waals surface area contributed by atoms with Gasteiger partial charge in [0, 0.05) is 23.1 Å². The predicted octanol–water partition coefficient (Wildman–Crippen LogP) is 5.99. The molecule has 3 rings (SSSR count). The van der Waals surface area contributed by atoms with Gasteiger partial charge in [0.15, 0.2) is 0 Å². The number of carbonyl (C=O) groups excluding carboxylic acids is 2. The first-order valence-electron chi connectivity index (χ1n) is 10.3. The molecule has 29 heavy (non-hydrogen) atoms. The monoisotopic (exact) mass is 494 g/mol. The average molecular weight is 496 g/mol. The van der Waals surface area contributed by atoms with E-state index in [1.54, 1.807) is 9.80 Å². The summed E-state index contributed by atoms with van der Waals surface area (Å²) in [5, 5.41) is 0. The zero-order chi connectivity index (χ0) is 21.1. The number of fused-ring (bicyclic) bond motifs is 1. The van der Waals surface area contributed by atoms with Crippen molar-refractivity contribution in [1.29, 1.82) is 0 Å². The van der Waals surface area contributed by atoms with Crippen LogP contribution >= 0.6 is 39.9 Å². The Kier molecular flexibility index (Phi) is 7.57. The minimum absolute atomic E-state index is 0.0986. The molecule has 7 heteroatoms. The fraction of sp³-hybridized carbons (Fsp3) is 0.500. The van der Waals surface area contributed by atoms with Gasteiger partial charge in [-0.3, -0.25) is 14.5 Å². The zero-order valence-corrected chi connectivity index (χ0v) is 20.4. The number of unbranched alkanes of at least 4 members (excludes halogenated alkanes) is 1. The van der Waals surface area contributed by atoms with Crippen LogP contribution in [0.3, 0.4) is 0 Å². The van der Waals surface area contributed by atoms with Crippen LogP contribution in [0.4, 0.5) is 5.69 Å². The second-order valence-corrected chi connectivity index (χ2v) is 10.1. The summed E-state index contributed by atoms with van der Waals surface area (Å²) >= 11 is 10.3. The van der Waals surface area contributed by atoms with Crippen molar-refractivity contribution in [3.05, 3.63) is 33.1 Å². The molecule has 0 aliphatic carbocycles. The number of benzene rings is 1. The molecular weight excluding hydrogens is 468 g/mol. The summed E-state index contributed by atoms with van der Waals surface area (Å²) < 4.78 is 1.45. The highest BCUT2D eigenvalue weighted by Crippen LogP contribution is 2.45. The summed E-state index contributed by atoms with van der Waals surface area (Å²) in [5.41, 5.74) is 2.18. The van der Waals surface area contributed by atoms with E-state index >= 15 is 0 Å². The molecular formula is C22H27BrN2O2S2. The molecule has 1 aromatic rings. The van der Waals surface area contributed by atoms with Gasteiger partial charge in [0.2, 0.25) is 0 Å². The van der Waals surface area contributed by atoms with E-state index in [0.29, 0.717) is 33.8 Å². The molecule has 0 N–H and O–H groups in total. The maximum atomic E-state index is 13.3. The van der Waals surface area contributed by atoms with Gasteiger partial charge < -0.3 is 4.90 Å². The van der Waals surface area contributed by atoms with Crippen LogP contribution in [0.25, 0.3) is 5.57 Å². The van der Waals surface area contributed by atoms with E-state index in [2.05, 4.69) is 29.8 Å². The van der Waals surface area contributed by atoms with E-state index in [1.807, 2.05) is 25.1 Å². The molecule has 156 valence electrons. The number of hydrogen-bond acceptors (Lipinski definition) is 4. The highest BCUT2D eigenvalue weighted by atomic mass is 79.9. The summed E-state index contributed by atoms with van der Waals surface area (Å²) in [6.45, 7) is 7.65. The van der Waals surface area contributed by atoms with Gasteiger partial charge in [-0.25, -0.2) is 0 Å². The Morgan fingerprint density at radius 1 is 1.10 bits per heavy atom. The maximum Gasteiger partial charge on any atom is 0.267 e. The van der Waals surface area contributed by atoms with E-state index in [4.69, 9.17) is 12.2 Å². The number of carbonyl (C=O) groups is 2. The van der Waals surface area contributed by atoms with Gasteiger partial charge >= 0.3 is 0 Å². The van der Waals surface area contributed by atoms with E-state index < -0.39 is 0 Å². The highest BCUT2D eigenvalue weighted by Gasteiger charge is 2.42. The lowest BCUT2D eigenvalue weighted by Gasteiger charge is -2.21. The zero-order valence-electron chi connectivity index (χ0n) is 17.2. The Labute approximate surface area is 191 Å². The van der Waals surface area contributed by atoms with Crippen LogP contribution < -0.4 is 4.90 Å². The number of anilines is 1. The molecule has 2 heterocycles. The Balaban J connectivity index is 1.97. The van der Waals surface area contributed by atoms with Crippen molar-refractivity contribution in [2.75, 3.05) is 18.0 Å². The number of thiocarbonyl (C=S) groups is 1. The van der Waals surface area contributed by atoms with Crippen molar-refractivity contribution in [2.45, 2.75) is 52.9 Å². The quantitative estimate of drug-likeness (QED) is 0.328. The van der Waals surface area contributed by atoms with Crippen LogP contribution in [0.5, 0.6) is 0 Å². The normalized spacial score (nSPS) is 20.1. The average Bonchev–Trinajstić information content (AvgIpc) is 3.12. The smallest absolute Gasteiger partial charge is 0.267 e. The van der Waals surface area contributed by atoms with Gasteiger partial charge in [0.05, 0.1) is 16.2 Å². The Hall–Kier alpha value is -1.18. The molecule has 2 aliphatic heterocycles. The fourth-order valence-electron chi connectivity index (χ4n) is 3.85. The standard InChI is InChI=1S/C22H27BrN2O2S2/c1-4-7-8-14(6-3)13-25-21(27)19(29-22(25)28)18-16-12-15(23)9-10-17(16)24(11-5-2)20(18)26/h9-10,12,14H,4-8,11,13H2,1-3H3/b19-18-/t14-/m0/s1. The van der Waals surface area contributed by atoms with Crippen LogP contribution in [-0.2, 0) is 9.59 Å². The predicted molar refractivity (Wildman–Crippen MR) is 129 cm³/mol. The minimum Gasteiger partial charge on any atom is -0.308 e. The van der Waals surface area contributed by atoms with Crippen molar-refractivity contribution in [2.24, 2.45) is 5.92 Å². The Morgan fingerprint density at radius 3 is 2.52 bits per heavy atom. The molecule has 0 unspecified atom stereocenters. The van der Waals surface area contributed by atoms with Crippen LogP contribution in [0.15, 0.2) is 27.6 Å². The molecule has 2 amide bonds. The molecule has 0 saturated carbocycles. The molecule has 1 fully saturated rings. The summed E-state index contributed by atoms with van der Waals surface area (Å²) in [6.07, 6.45) is 5.26. The van der Waals surface area contributed by atoms with Gasteiger partial charge in [-0.15, -0.1) is 0 Å². The highest BCUT2D eigenvalue weighted by molar-refractivity contribution is 9.10. The van der Waals surface area contributed by atoms with Gasteiger partial charge in [-0.2, -0.15) is 0 Å². The molecule has 0 spiro atoms. The lowest BCUT2D eigenvalue weighted by Crippen LogP contribution is -2.33. The van der Waals surface area contributed by atoms with Gasteiger partial charge in [0.1, 0.15) is 4.32 Å². The largest absolute Gasteiger partial charge is 0.308 e. The first kappa shape index (κ1) is 22.5. The van der Waals surface area contributed by atoms with Crippen molar-refractivity contribution in [3.8, 4) is 0 Å². The molecule has 0 aromatic heterocycles. The van der Waals surface area contributed by atoms with Crippen LogP contribution in [0.1, 0.15) is 58.4 Å². The first-order valence-corrected chi connectivity index (χ1v) is 12.3. The van der Waals surface area contributed by atoms with Crippen molar-refractivity contribution >= 4 is 67.3 Å². The summed E-state index contributed by atoms with van der Waals surface area (Å²) in [7, 11) is 0. The molecule has 2 aliphatic rings. The number of amides is 2. The topological polar surface area (TPSA) is 40.6 Å². The van der Waals surface area contributed by atoms with Gasteiger partial charge in [0.25, 0.3) is 11.8 Å². The maximum absolute atomic E-state index is 13.3. The molecule has 1 aromatic carbocycles. The molecule has 0 radical (unpaired) electrons. The van der Waals surface area contributed by atoms with Crippen LogP contribution in [-0.4, -0.2) is 34.1 Å². The fourth-order valence-corrected chi connectivity index (χ4v) is 5.56. The summed E-state index contributed by atoms with van der Waals surface area (Å²) in [6, 6.07) is 5.81. The van der Waals surface area contributed by atoms with E-state index in [9.17, 15) is 9.59 Å². The number of thioether (sulfide) groups is 1. The second kappa shape index (κ2) is 9.75. The molecule has 1 atom stereocenters. The number of hydrogen-bond donors (Lipinski definition) is 0. The van der Waals surface area contributed by atoms with E-state index in [1.165, 1.54) is 11.8 Å². The summed E-state index contributed by atoms with van der Waals surface area (Å²) in [5.74, 6) is 0.208. The Morgan fingerprint density at radius 2 is 1.86 bits per heavy atom. The Bertz CT molecular complexity index is 868. The van der Waals surface area contributed by atoms with Crippen LogP contribution in [0, 0.1) is 5.92 Å². The van der Waals surface area contributed by atoms with Gasteiger partial charge in [-0.05, 0) is 37.0 Å². The number of halogens is 1. The third kappa shape index (κ3) is 4.47.